The van der Waals surface area contributed by atoms with Crippen LogP contribution in [-0.4, -0.2) is 38.4 Å². The van der Waals surface area contributed by atoms with E-state index in [2.05, 4.69) is 9.97 Å². The highest BCUT2D eigenvalue weighted by molar-refractivity contribution is 5.94. The second kappa shape index (κ2) is 6.17. The molecule has 1 N–H and O–H groups in total. The Labute approximate surface area is 146 Å². The van der Waals surface area contributed by atoms with E-state index in [1.807, 2.05) is 30.8 Å². The third-order valence-electron chi connectivity index (χ3n) is 5.44. The molecule has 2 aromatic rings. The summed E-state index contributed by atoms with van der Waals surface area (Å²) in [5, 5.41) is 0. The largest absolute Gasteiger partial charge is 0.338 e. The molecule has 1 aliphatic carbocycles. The van der Waals surface area contributed by atoms with Crippen molar-refractivity contribution in [1.29, 1.82) is 0 Å². The molecule has 0 bridgehead atoms. The number of amides is 1. The fourth-order valence-electron chi connectivity index (χ4n) is 4.17. The molecule has 25 heavy (non-hydrogen) atoms. The molecular formula is C19H24N4O2. The van der Waals surface area contributed by atoms with Crippen molar-refractivity contribution in [3.05, 3.63) is 51.0 Å². The van der Waals surface area contributed by atoms with Crippen LogP contribution in [0.15, 0.2) is 17.1 Å². The lowest BCUT2D eigenvalue weighted by Crippen LogP contribution is -2.34. The van der Waals surface area contributed by atoms with Crippen LogP contribution in [-0.2, 0) is 19.9 Å². The number of nitrogens with zero attached hydrogens (tertiary/aromatic N) is 3. The molecule has 0 saturated carbocycles. The van der Waals surface area contributed by atoms with Gasteiger partial charge in [-0.05, 0) is 50.7 Å². The summed E-state index contributed by atoms with van der Waals surface area (Å²) in [5.74, 6) is 1.11. The molecule has 0 spiro atoms. The van der Waals surface area contributed by atoms with E-state index in [1.165, 1.54) is 0 Å². The predicted octanol–water partition coefficient (Wildman–Crippen LogP) is 1.93. The zero-order chi connectivity index (χ0) is 17.6. The highest BCUT2D eigenvalue weighted by Crippen LogP contribution is 2.27. The van der Waals surface area contributed by atoms with Crippen molar-refractivity contribution in [2.45, 2.75) is 44.9 Å². The van der Waals surface area contributed by atoms with Crippen LogP contribution in [0.4, 0.5) is 0 Å². The fraction of sp³-hybridized carbons (Fsp3) is 0.526. The molecule has 1 atom stereocenters. The molecule has 6 nitrogen and oxygen atoms in total. The summed E-state index contributed by atoms with van der Waals surface area (Å²) < 4.78 is 2.04. The van der Waals surface area contributed by atoms with Crippen molar-refractivity contribution in [2.24, 2.45) is 7.05 Å². The quantitative estimate of drug-likeness (QED) is 0.908. The van der Waals surface area contributed by atoms with Gasteiger partial charge in [0.2, 0.25) is 0 Å². The maximum atomic E-state index is 12.9. The van der Waals surface area contributed by atoms with Gasteiger partial charge in [-0.2, -0.15) is 0 Å². The summed E-state index contributed by atoms with van der Waals surface area (Å²) in [6, 6.07) is 1.83. The second-order valence-electron chi connectivity index (χ2n) is 7.31. The van der Waals surface area contributed by atoms with Gasteiger partial charge in [-0.1, -0.05) is 0 Å². The summed E-state index contributed by atoms with van der Waals surface area (Å²) in [6.07, 6.45) is 6.97. The average Bonchev–Trinajstić information content (AvgIpc) is 3.20. The zero-order valence-electron chi connectivity index (χ0n) is 14.8. The maximum absolute atomic E-state index is 12.9. The Morgan fingerprint density at radius 1 is 1.32 bits per heavy atom. The van der Waals surface area contributed by atoms with Crippen LogP contribution >= 0.6 is 0 Å². The number of carbonyl (C=O) groups excluding carboxylic acids is 1. The first-order valence-electron chi connectivity index (χ1n) is 9.07. The fourth-order valence-corrected chi connectivity index (χ4v) is 4.17. The first kappa shape index (κ1) is 16.1. The van der Waals surface area contributed by atoms with Crippen LogP contribution in [0.5, 0.6) is 0 Å². The number of pyridine rings is 1. The molecule has 1 fully saturated rings. The van der Waals surface area contributed by atoms with E-state index in [9.17, 15) is 9.59 Å². The lowest BCUT2D eigenvalue weighted by molar-refractivity contribution is 0.0788. The van der Waals surface area contributed by atoms with Gasteiger partial charge in [-0.25, -0.2) is 4.98 Å². The molecule has 1 amide bonds. The molecule has 2 aliphatic rings. The van der Waals surface area contributed by atoms with Crippen LogP contribution in [0.1, 0.15) is 58.3 Å². The Hall–Kier alpha value is -2.37. The molecule has 2 aromatic heterocycles. The first-order valence-corrected chi connectivity index (χ1v) is 9.07. The van der Waals surface area contributed by atoms with Crippen molar-refractivity contribution in [2.75, 3.05) is 13.1 Å². The van der Waals surface area contributed by atoms with E-state index in [-0.39, 0.29) is 22.9 Å². The average molecular weight is 340 g/mol. The Morgan fingerprint density at radius 3 is 2.88 bits per heavy atom. The highest BCUT2D eigenvalue weighted by Gasteiger charge is 2.31. The molecule has 132 valence electrons. The molecule has 0 radical (unpaired) electrons. The number of hydrogen-bond acceptors (Lipinski definition) is 3. The van der Waals surface area contributed by atoms with Crippen LogP contribution in [0.3, 0.4) is 0 Å². The number of aryl methyl sites for hydroxylation is 4. The molecule has 4 rings (SSSR count). The Bertz CT molecular complexity index is 880. The van der Waals surface area contributed by atoms with Crippen molar-refractivity contribution in [3.8, 4) is 0 Å². The molecule has 3 heterocycles. The van der Waals surface area contributed by atoms with E-state index in [1.54, 1.807) is 4.90 Å². The summed E-state index contributed by atoms with van der Waals surface area (Å²) in [6.45, 7) is 3.28. The molecule has 0 aromatic carbocycles. The van der Waals surface area contributed by atoms with Gasteiger partial charge >= 0.3 is 0 Å². The molecular weight excluding hydrogens is 316 g/mol. The van der Waals surface area contributed by atoms with Gasteiger partial charge in [-0.15, -0.1) is 0 Å². The number of rotatable bonds is 2. The van der Waals surface area contributed by atoms with Gasteiger partial charge in [0.15, 0.2) is 0 Å². The number of likely N-dealkylation sites (tertiary alicyclic amines) is 1. The highest BCUT2D eigenvalue weighted by atomic mass is 16.2. The van der Waals surface area contributed by atoms with Gasteiger partial charge < -0.3 is 14.5 Å². The van der Waals surface area contributed by atoms with E-state index in [0.717, 1.165) is 54.9 Å². The monoisotopic (exact) mass is 340 g/mol. The SMILES string of the molecule is Cc1cn(C)c([C@H]2CCN(C(=O)c3cc4c([nH]c3=O)CCCC4)C2)n1. The van der Waals surface area contributed by atoms with E-state index < -0.39 is 0 Å². The van der Waals surface area contributed by atoms with Crippen molar-refractivity contribution >= 4 is 5.91 Å². The minimum Gasteiger partial charge on any atom is -0.338 e. The summed E-state index contributed by atoms with van der Waals surface area (Å²) >= 11 is 0. The number of imidazole rings is 1. The van der Waals surface area contributed by atoms with E-state index >= 15 is 0 Å². The van der Waals surface area contributed by atoms with Crippen LogP contribution in [0.2, 0.25) is 0 Å². The van der Waals surface area contributed by atoms with Crippen molar-refractivity contribution < 1.29 is 4.79 Å². The summed E-state index contributed by atoms with van der Waals surface area (Å²) in [5.41, 5.74) is 3.17. The van der Waals surface area contributed by atoms with Crippen LogP contribution in [0.25, 0.3) is 0 Å². The lowest BCUT2D eigenvalue weighted by Gasteiger charge is -2.19. The normalized spacial score (nSPS) is 19.9. The van der Waals surface area contributed by atoms with Gasteiger partial charge in [0.05, 0.1) is 5.69 Å². The van der Waals surface area contributed by atoms with Gasteiger partial charge in [0.1, 0.15) is 11.4 Å². The van der Waals surface area contributed by atoms with E-state index in [0.29, 0.717) is 13.1 Å². The first-order chi connectivity index (χ1) is 12.0. The van der Waals surface area contributed by atoms with E-state index in [4.69, 9.17) is 0 Å². The Morgan fingerprint density at radius 2 is 2.12 bits per heavy atom. The lowest BCUT2D eigenvalue weighted by atomic mass is 9.95. The van der Waals surface area contributed by atoms with Gasteiger partial charge in [0.25, 0.3) is 11.5 Å². The molecule has 6 heteroatoms. The Balaban J connectivity index is 1.56. The number of aromatic amines is 1. The van der Waals surface area contributed by atoms with Crippen molar-refractivity contribution in [1.82, 2.24) is 19.4 Å². The predicted molar refractivity (Wildman–Crippen MR) is 94.9 cm³/mol. The smallest absolute Gasteiger partial charge is 0.261 e. The molecule has 1 saturated heterocycles. The zero-order valence-corrected chi connectivity index (χ0v) is 14.8. The maximum Gasteiger partial charge on any atom is 0.261 e. The molecule has 0 unspecified atom stereocenters. The third kappa shape index (κ3) is 2.90. The minimum absolute atomic E-state index is 0.150. The number of nitrogens with one attached hydrogen (secondary N) is 1. The standard InChI is InChI=1S/C19H24N4O2/c1-12-10-22(2)17(20-12)14-7-8-23(11-14)19(25)15-9-13-5-3-4-6-16(13)21-18(15)24/h9-10,14H,3-8,11H2,1-2H3,(H,21,24)/t14-/m0/s1. The number of carbonyl (C=O) groups is 1. The minimum atomic E-state index is -0.248. The van der Waals surface area contributed by atoms with Gasteiger partial charge in [-0.3, -0.25) is 9.59 Å². The Kier molecular flexibility index (Phi) is 3.98. The summed E-state index contributed by atoms with van der Waals surface area (Å²) in [7, 11) is 1.99. The van der Waals surface area contributed by atoms with Crippen LogP contribution in [0, 0.1) is 6.92 Å². The number of aromatic nitrogens is 3. The second-order valence-corrected chi connectivity index (χ2v) is 7.31. The summed E-state index contributed by atoms with van der Waals surface area (Å²) in [4.78, 5) is 34.6. The van der Waals surface area contributed by atoms with Crippen molar-refractivity contribution in [3.63, 3.8) is 0 Å². The third-order valence-corrected chi connectivity index (χ3v) is 5.44. The topological polar surface area (TPSA) is 71.0 Å². The van der Waals surface area contributed by atoms with Crippen LogP contribution < -0.4 is 5.56 Å². The van der Waals surface area contributed by atoms with Gasteiger partial charge in [0, 0.05) is 37.9 Å². The number of H-pyrrole nitrogens is 1. The number of fused-ring (bicyclic) bond motifs is 1. The molecule has 1 aliphatic heterocycles. The number of hydrogen-bond donors (Lipinski definition) is 1.